The number of guanidine groups is 1. The number of likely N-dealkylation sites (tertiary alicyclic amines) is 1. The van der Waals surface area contributed by atoms with Crippen LogP contribution < -0.4 is 10.6 Å². The van der Waals surface area contributed by atoms with Crippen molar-refractivity contribution >= 4 is 11.9 Å². The molecule has 1 amide bonds. The Morgan fingerprint density at radius 2 is 2.00 bits per heavy atom. The average Bonchev–Trinajstić information content (AvgIpc) is 3.04. The zero-order valence-corrected chi connectivity index (χ0v) is 15.1. The van der Waals surface area contributed by atoms with Crippen LogP contribution >= 0.6 is 0 Å². The first kappa shape index (κ1) is 17.5. The van der Waals surface area contributed by atoms with Crippen molar-refractivity contribution in [2.24, 2.45) is 10.4 Å². The van der Waals surface area contributed by atoms with Crippen LogP contribution in [0.2, 0.25) is 0 Å². The second kappa shape index (κ2) is 7.72. The molecule has 6 nitrogen and oxygen atoms in total. The maximum atomic E-state index is 12.2. The molecule has 3 aliphatic rings. The molecule has 1 heterocycles. The van der Waals surface area contributed by atoms with Crippen LogP contribution in [0.25, 0.3) is 0 Å². The van der Waals surface area contributed by atoms with Crippen LogP contribution in [0.1, 0.15) is 52.4 Å². The molecule has 0 aromatic carbocycles. The van der Waals surface area contributed by atoms with Gasteiger partial charge in [-0.1, -0.05) is 6.42 Å². The van der Waals surface area contributed by atoms with Crippen molar-refractivity contribution < 1.29 is 9.53 Å². The summed E-state index contributed by atoms with van der Waals surface area (Å²) in [5.41, 5.74) is 0.297. The topological polar surface area (TPSA) is 66.0 Å². The molecule has 2 aliphatic carbocycles. The summed E-state index contributed by atoms with van der Waals surface area (Å²) >= 11 is 0. The van der Waals surface area contributed by atoms with Gasteiger partial charge in [0.25, 0.3) is 0 Å². The van der Waals surface area contributed by atoms with Crippen molar-refractivity contribution in [1.29, 1.82) is 0 Å². The first-order chi connectivity index (χ1) is 11.7. The summed E-state index contributed by atoms with van der Waals surface area (Å²) in [6.45, 7) is 7.74. The fourth-order valence-corrected chi connectivity index (χ4v) is 4.34. The van der Waals surface area contributed by atoms with Gasteiger partial charge in [-0.3, -0.25) is 4.79 Å². The predicted molar refractivity (Wildman–Crippen MR) is 95.0 cm³/mol. The lowest BCUT2D eigenvalue weighted by molar-refractivity contribution is -0.168. The monoisotopic (exact) mass is 336 g/mol. The Kier molecular flexibility index (Phi) is 5.64. The summed E-state index contributed by atoms with van der Waals surface area (Å²) in [5.74, 6) is 0.917. The number of ether oxygens (including phenoxy) is 1. The first-order valence-corrected chi connectivity index (χ1v) is 9.64. The number of carbonyl (C=O) groups is 1. The second-order valence-electron chi connectivity index (χ2n) is 7.25. The molecule has 136 valence electrons. The molecule has 1 spiro atoms. The Morgan fingerprint density at radius 1 is 1.25 bits per heavy atom. The fraction of sp³-hybridized carbons (Fsp3) is 0.889. The number of nitrogens with one attached hydrogen (secondary N) is 2. The van der Waals surface area contributed by atoms with Crippen LogP contribution in [0.3, 0.4) is 0 Å². The Bertz CT molecular complexity index is 470. The van der Waals surface area contributed by atoms with E-state index in [4.69, 9.17) is 4.74 Å². The lowest BCUT2D eigenvalue weighted by atomic mass is 9.51. The van der Waals surface area contributed by atoms with Gasteiger partial charge in [-0.25, -0.2) is 4.99 Å². The third kappa shape index (κ3) is 3.39. The molecule has 0 bridgehead atoms. The largest absolute Gasteiger partial charge is 0.378 e. The minimum Gasteiger partial charge on any atom is -0.378 e. The highest BCUT2D eigenvalue weighted by Gasteiger charge is 2.59. The van der Waals surface area contributed by atoms with Crippen LogP contribution in [-0.4, -0.2) is 61.7 Å². The molecule has 2 N–H and O–H groups in total. The van der Waals surface area contributed by atoms with E-state index >= 15 is 0 Å². The second-order valence-corrected chi connectivity index (χ2v) is 7.25. The van der Waals surface area contributed by atoms with Gasteiger partial charge in [0.2, 0.25) is 5.91 Å². The van der Waals surface area contributed by atoms with Crippen LogP contribution in [0.15, 0.2) is 4.99 Å². The van der Waals surface area contributed by atoms with Gasteiger partial charge in [-0.15, -0.1) is 0 Å². The molecule has 2 saturated carbocycles. The summed E-state index contributed by atoms with van der Waals surface area (Å²) < 4.78 is 5.91. The fourth-order valence-electron chi connectivity index (χ4n) is 4.34. The maximum Gasteiger partial charge on any atom is 0.244 e. The molecule has 3 fully saturated rings. The normalized spacial score (nSPS) is 28.4. The minimum atomic E-state index is 0.142. The predicted octanol–water partition coefficient (Wildman–Crippen LogP) is 1.51. The van der Waals surface area contributed by atoms with E-state index in [1.165, 1.54) is 19.3 Å². The van der Waals surface area contributed by atoms with Crippen LogP contribution in [-0.2, 0) is 9.53 Å². The minimum absolute atomic E-state index is 0.142. The molecule has 24 heavy (non-hydrogen) atoms. The zero-order valence-electron chi connectivity index (χ0n) is 15.1. The Morgan fingerprint density at radius 3 is 2.58 bits per heavy atom. The molecule has 0 aromatic rings. The number of hydrogen-bond acceptors (Lipinski definition) is 3. The van der Waals surface area contributed by atoms with E-state index in [1.807, 2.05) is 4.90 Å². The molecular formula is C18H32N4O2. The lowest BCUT2D eigenvalue weighted by Crippen LogP contribution is -2.68. The molecule has 3 rings (SSSR count). The van der Waals surface area contributed by atoms with Crippen LogP contribution in [0, 0.1) is 5.41 Å². The van der Waals surface area contributed by atoms with Crippen molar-refractivity contribution in [3.05, 3.63) is 0 Å². The molecular weight excluding hydrogens is 304 g/mol. The van der Waals surface area contributed by atoms with Crippen molar-refractivity contribution in [3.63, 3.8) is 0 Å². The molecule has 0 radical (unpaired) electrons. The molecule has 2 unspecified atom stereocenters. The summed E-state index contributed by atoms with van der Waals surface area (Å²) in [4.78, 5) is 18.7. The van der Waals surface area contributed by atoms with E-state index in [0.717, 1.165) is 51.5 Å². The molecule has 2 atom stereocenters. The van der Waals surface area contributed by atoms with Gasteiger partial charge >= 0.3 is 0 Å². The number of aliphatic imine (C=N–C) groups is 1. The van der Waals surface area contributed by atoms with E-state index in [2.05, 4.69) is 29.5 Å². The zero-order chi connectivity index (χ0) is 17.0. The van der Waals surface area contributed by atoms with Gasteiger partial charge in [-0.05, 0) is 46.0 Å². The standard InChI is InChI=1S/C18H32N4O2/c1-3-19-17(20-13-16(23)22-10-5-6-11-22)21-14-12-15(24-4-2)18(14)8-7-9-18/h14-15H,3-13H2,1-2H3,(H2,19,20,21). The highest BCUT2D eigenvalue weighted by Crippen LogP contribution is 2.57. The van der Waals surface area contributed by atoms with Crippen LogP contribution in [0.5, 0.6) is 0 Å². The number of amides is 1. The molecule has 1 aliphatic heterocycles. The first-order valence-electron chi connectivity index (χ1n) is 9.64. The van der Waals surface area contributed by atoms with E-state index < -0.39 is 0 Å². The van der Waals surface area contributed by atoms with Crippen molar-refractivity contribution in [3.8, 4) is 0 Å². The van der Waals surface area contributed by atoms with Crippen molar-refractivity contribution in [2.45, 2.75) is 64.5 Å². The Balaban J connectivity index is 1.55. The number of carbonyl (C=O) groups excluding carboxylic acids is 1. The third-order valence-corrected chi connectivity index (χ3v) is 5.92. The molecule has 1 saturated heterocycles. The van der Waals surface area contributed by atoms with Crippen molar-refractivity contribution in [2.75, 3.05) is 32.8 Å². The van der Waals surface area contributed by atoms with Gasteiger partial charge in [-0.2, -0.15) is 0 Å². The summed E-state index contributed by atoms with van der Waals surface area (Å²) in [7, 11) is 0. The number of rotatable bonds is 6. The van der Waals surface area contributed by atoms with Gasteiger partial charge in [0.1, 0.15) is 6.54 Å². The van der Waals surface area contributed by atoms with Gasteiger partial charge < -0.3 is 20.3 Å². The Labute approximate surface area is 145 Å². The number of hydrogen-bond donors (Lipinski definition) is 2. The van der Waals surface area contributed by atoms with Gasteiger partial charge in [0.15, 0.2) is 5.96 Å². The highest BCUT2D eigenvalue weighted by atomic mass is 16.5. The lowest BCUT2D eigenvalue weighted by Gasteiger charge is -2.61. The number of nitrogens with zero attached hydrogens (tertiary/aromatic N) is 2. The summed E-state index contributed by atoms with van der Waals surface area (Å²) in [6, 6.07) is 0.419. The maximum absolute atomic E-state index is 12.2. The van der Waals surface area contributed by atoms with Crippen LogP contribution in [0.4, 0.5) is 0 Å². The quantitative estimate of drug-likeness (QED) is 0.570. The summed E-state index contributed by atoms with van der Waals surface area (Å²) in [6.07, 6.45) is 7.45. The third-order valence-electron chi connectivity index (χ3n) is 5.92. The van der Waals surface area contributed by atoms with E-state index in [0.29, 0.717) is 17.6 Å². The van der Waals surface area contributed by atoms with Gasteiger partial charge in [0.05, 0.1) is 6.10 Å². The van der Waals surface area contributed by atoms with E-state index in [-0.39, 0.29) is 12.5 Å². The SMILES string of the molecule is CCNC(=NCC(=O)N1CCCC1)NC1CC(OCC)C12CCC2. The van der Waals surface area contributed by atoms with Crippen molar-refractivity contribution in [1.82, 2.24) is 15.5 Å². The van der Waals surface area contributed by atoms with E-state index in [1.54, 1.807) is 0 Å². The molecule has 6 heteroatoms. The van der Waals surface area contributed by atoms with Gasteiger partial charge in [0, 0.05) is 37.7 Å². The van der Waals surface area contributed by atoms with E-state index in [9.17, 15) is 4.79 Å². The average molecular weight is 336 g/mol. The Hall–Kier alpha value is -1.30. The molecule has 0 aromatic heterocycles. The smallest absolute Gasteiger partial charge is 0.244 e. The highest BCUT2D eigenvalue weighted by molar-refractivity contribution is 5.85. The summed E-state index contributed by atoms with van der Waals surface area (Å²) in [5, 5.41) is 6.86.